The monoisotopic (exact) mass is 185 g/mol. The molecule has 78 valence electrons. The molecule has 13 heavy (non-hydrogen) atoms. The number of rotatable bonds is 4. The maximum absolute atomic E-state index is 5.92. The topological polar surface area (TPSA) is 64.1 Å². The third kappa shape index (κ3) is 2.92. The number of hydrogen-bond acceptors (Lipinski definition) is 3. The summed E-state index contributed by atoms with van der Waals surface area (Å²) in [4.78, 5) is 0. The van der Waals surface area contributed by atoms with Gasteiger partial charge in [-0.25, -0.2) is 0 Å². The lowest BCUT2D eigenvalue weighted by Gasteiger charge is -2.35. The Hall–Kier alpha value is -0.700. The molecule has 0 aliphatic carbocycles. The van der Waals surface area contributed by atoms with E-state index >= 15 is 0 Å². The summed E-state index contributed by atoms with van der Waals surface area (Å²) >= 11 is 0. The lowest BCUT2D eigenvalue weighted by atomic mass is 9.72. The van der Waals surface area contributed by atoms with Gasteiger partial charge in [-0.15, -0.1) is 0 Å². The average molecular weight is 185 g/mol. The molecular formula is C10H23N3. The van der Waals surface area contributed by atoms with E-state index < -0.39 is 0 Å². The maximum Gasteiger partial charge on any atom is 0.0316 e. The molecule has 0 saturated carbocycles. The zero-order valence-corrected chi connectivity index (χ0v) is 9.39. The Morgan fingerprint density at radius 3 is 2.08 bits per heavy atom. The minimum atomic E-state index is -0.0134. The maximum atomic E-state index is 5.92. The minimum Gasteiger partial charge on any atom is -0.400 e. The Labute approximate surface area is 81.5 Å². The molecule has 0 aliphatic rings. The zero-order chi connectivity index (χ0) is 10.6. The van der Waals surface area contributed by atoms with E-state index in [9.17, 15) is 0 Å². The predicted molar refractivity (Wildman–Crippen MR) is 57.4 cm³/mol. The number of nitrogens with two attached hydrogens (primary N) is 2. The van der Waals surface area contributed by atoms with E-state index in [1.165, 1.54) is 0 Å². The Kier molecular flexibility index (Phi) is 4.27. The minimum absolute atomic E-state index is 0.0134. The van der Waals surface area contributed by atoms with Crippen molar-refractivity contribution in [3.8, 4) is 0 Å². The molecule has 0 fully saturated rings. The van der Waals surface area contributed by atoms with Crippen molar-refractivity contribution in [1.82, 2.24) is 5.43 Å². The molecule has 0 aliphatic heterocycles. The molecule has 0 aromatic carbocycles. The van der Waals surface area contributed by atoms with Crippen LogP contribution in [0.15, 0.2) is 11.9 Å². The highest BCUT2D eigenvalue weighted by molar-refractivity contribution is 5.08. The molecule has 5 N–H and O–H groups in total. The van der Waals surface area contributed by atoms with Crippen LogP contribution in [-0.4, -0.2) is 0 Å². The molecule has 1 atom stereocenters. The van der Waals surface area contributed by atoms with Crippen molar-refractivity contribution in [2.45, 2.75) is 34.6 Å². The first-order valence-electron chi connectivity index (χ1n) is 4.76. The van der Waals surface area contributed by atoms with Crippen molar-refractivity contribution in [1.29, 1.82) is 0 Å². The first-order chi connectivity index (χ1) is 5.84. The van der Waals surface area contributed by atoms with Gasteiger partial charge in [0.15, 0.2) is 0 Å². The van der Waals surface area contributed by atoms with Crippen LogP contribution in [0.25, 0.3) is 0 Å². The third-order valence-electron chi connectivity index (χ3n) is 3.12. The van der Waals surface area contributed by atoms with Crippen LogP contribution in [0, 0.1) is 17.3 Å². The van der Waals surface area contributed by atoms with Crippen LogP contribution in [0.4, 0.5) is 0 Å². The van der Waals surface area contributed by atoms with Crippen LogP contribution < -0.4 is 17.0 Å². The van der Waals surface area contributed by atoms with Gasteiger partial charge >= 0.3 is 0 Å². The highest BCUT2D eigenvalue weighted by Gasteiger charge is 2.30. The van der Waals surface area contributed by atoms with E-state index in [1.54, 1.807) is 6.20 Å². The van der Waals surface area contributed by atoms with Crippen molar-refractivity contribution in [2.24, 2.45) is 28.8 Å². The normalized spacial score (nSPS) is 16.1. The van der Waals surface area contributed by atoms with Gasteiger partial charge in [-0.1, -0.05) is 34.6 Å². The van der Waals surface area contributed by atoms with E-state index in [1.807, 2.05) is 0 Å². The van der Waals surface area contributed by atoms with E-state index in [2.05, 4.69) is 40.0 Å². The fourth-order valence-corrected chi connectivity index (χ4v) is 1.37. The predicted octanol–water partition coefficient (Wildman–Crippen LogP) is 1.57. The summed E-state index contributed by atoms with van der Waals surface area (Å²) in [6, 6.07) is 0. The molecule has 0 heterocycles. The van der Waals surface area contributed by atoms with Crippen LogP contribution >= 0.6 is 0 Å². The number of hydrazine groups is 1. The Morgan fingerprint density at radius 2 is 1.77 bits per heavy atom. The van der Waals surface area contributed by atoms with Crippen LogP contribution in [0.2, 0.25) is 0 Å². The lowest BCUT2D eigenvalue weighted by Crippen LogP contribution is -2.33. The average Bonchev–Trinajstić information content (AvgIpc) is 2.03. The van der Waals surface area contributed by atoms with Gasteiger partial charge in [0.1, 0.15) is 0 Å². The molecule has 0 aromatic rings. The number of hydrogen-bond donors (Lipinski definition) is 3. The van der Waals surface area contributed by atoms with Gasteiger partial charge in [0, 0.05) is 17.3 Å². The van der Waals surface area contributed by atoms with Crippen LogP contribution in [0.1, 0.15) is 34.6 Å². The summed E-state index contributed by atoms with van der Waals surface area (Å²) in [6.45, 7) is 10.9. The number of nitrogens with one attached hydrogen (secondary N) is 1. The quantitative estimate of drug-likeness (QED) is 0.460. The highest BCUT2D eigenvalue weighted by Crippen LogP contribution is 2.36. The van der Waals surface area contributed by atoms with Crippen LogP contribution in [0.5, 0.6) is 0 Å². The standard InChI is InChI=1S/C10H23N3/c1-7(2)8(3)10(4,5)9(11)6-13-12/h6-8,13H,11-12H2,1-5H3/b9-6-. The molecule has 3 nitrogen and oxygen atoms in total. The largest absolute Gasteiger partial charge is 0.400 e. The second-order valence-corrected chi connectivity index (χ2v) is 4.52. The second-order valence-electron chi connectivity index (χ2n) is 4.52. The van der Waals surface area contributed by atoms with Crippen LogP contribution in [0.3, 0.4) is 0 Å². The summed E-state index contributed by atoms with van der Waals surface area (Å²) in [5.74, 6) is 6.33. The molecule has 0 aromatic heterocycles. The second kappa shape index (κ2) is 4.51. The molecule has 0 bridgehead atoms. The summed E-state index contributed by atoms with van der Waals surface area (Å²) in [6.07, 6.45) is 1.67. The van der Waals surface area contributed by atoms with Gasteiger partial charge in [-0.2, -0.15) is 0 Å². The zero-order valence-electron chi connectivity index (χ0n) is 9.39. The van der Waals surface area contributed by atoms with Crippen molar-refractivity contribution in [3.05, 3.63) is 11.9 Å². The fraction of sp³-hybridized carbons (Fsp3) is 0.800. The van der Waals surface area contributed by atoms with Crippen molar-refractivity contribution >= 4 is 0 Å². The van der Waals surface area contributed by atoms with Crippen molar-refractivity contribution in [2.75, 3.05) is 0 Å². The molecule has 0 saturated heterocycles. The first-order valence-corrected chi connectivity index (χ1v) is 4.76. The van der Waals surface area contributed by atoms with Crippen molar-refractivity contribution in [3.63, 3.8) is 0 Å². The van der Waals surface area contributed by atoms with Gasteiger partial charge in [-0.3, -0.25) is 5.84 Å². The molecule has 0 spiro atoms. The molecular weight excluding hydrogens is 162 g/mol. The Balaban J connectivity index is 4.64. The van der Waals surface area contributed by atoms with Crippen LogP contribution in [-0.2, 0) is 0 Å². The fourth-order valence-electron chi connectivity index (χ4n) is 1.37. The molecule has 0 amide bonds. The van der Waals surface area contributed by atoms with E-state index in [4.69, 9.17) is 11.6 Å². The molecule has 3 heteroatoms. The SMILES string of the molecule is CC(C)C(C)C(C)(C)/C(N)=C/NN. The molecule has 0 radical (unpaired) electrons. The van der Waals surface area contributed by atoms with Gasteiger partial charge in [0.2, 0.25) is 0 Å². The van der Waals surface area contributed by atoms with E-state index in [0.29, 0.717) is 11.8 Å². The number of allylic oxidation sites excluding steroid dienone is 1. The smallest absolute Gasteiger partial charge is 0.0316 e. The lowest BCUT2D eigenvalue weighted by molar-refractivity contribution is 0.216. The third-order valence-corrected chi connectivity index (χ3v) is 3.12. The Morgan fingerprint density at radius 1 is 1.31 bits per heavy atom. The summed E-state index contributed by atoms with van der Waals surface area (Å²) in [7, 11) is 0. The van der Waals surface area contributed by atoms with Gasteiger partial charge in [0.25, 0.3) is 0 Å². The van der Waals surface area contributed by atoms with Gasteiger partial charge in [0.05, 0.1) is 0 Å². The van der Waals surface area contributed by atoms with Crippen molar-refractivity contribution < 1.29 is 0 Å². The van der Waals surface area contributed by atoms with Gasteiger partial charge in [-0.05, 0) is 11.8 Å². The summed E-state index contributed by atoms with van der Waals surface area (Å²) in [5, 5.41) is 0. The molecule has 1 unspecified atom stereocenters. The summed E-state index contributed by atoms with van der Waals surface area (Å²) in [5.41, 5.74) is 9.19. The Bertz CT molecular complexity index is 183. The first kappa shape index (κ1) is 12.3. The highest BCUT2D eigenvalue weighted by atomic mass is 15.2. The summed E-state index contributed by atoms with van der Waals surface area (Å²) < 4.78 is 0. The van der Waals surface area contributed by atoms with Gasteiger partial charge < -0.3 is 11.2 Å². The van der Waals surface area contributed by atoms with E-state index in [-0.39, 0.29) is 5.41 Å². The molecule has 0 rings (SSSR count). The van der Waals surface area contributed by atoms with E-state index in [0.717, 1.165) is 5.70 Å².